The molecule has 118 valence electrons. The second kappa shape index (κ2) is 6.08. The number of fused-ring (bicyclic) bond motifs is 1. The highest BCUT2D eigenvalue weighted by molar-refractivity contribution is 5.71. The molecule has 0 aliphatic carbocycles. The van der Waals surface area contributed by atoms with E-state index < -0.39 is 0 Å². The Balaban J connectivity index is 1.53. The van der Waals surface area contributed by atoms with E-state index in [9.17, 15) is 0 Å². The Morgan fingerprint density at radius 2 is 1.79 bits per heavy atom. The van der Waals surface area contributed by atoms with Crippen LogP contribution in [0.2, 0.25) is 0 Å². The standard InChI is InChI=1S/C18H16N6/c1-13(14-3-5-15(6-4-14)24-12-2-9-21-24)22-17-8-7-16-18(23-17)20-11-10-19-16/h2-13H,1H3,(H,20,22,23). The van der Waals surface area contributed by atoms with E-state index in [1.807, 2.05) is 29.1 Å². The maximum Gasteiger partial charge on any atom is 0.180 e. The van der Waals surface area contributed by atoms with Crippen LogP contribution in [0, 0.1) is 0 Å². The van der Waals surface area contributed by atoms with E-state index in [4.69, 9.17) is 0 Å². The Morgan fingerprint density at radius 1 is 0.958 bits per heavy atom. The highest BCUT2D eigenvalue weighted by Crippen LogP contribution is 2.20. The Hall–Kier alpha value is -3.28. The first-order chi connectivity index (χ1) is 11.8. The van der Waals surface area contributed by atoms with Crippen LogP contribution in [0.25, 0.3) is 16.9 Å². The predicted molar refractivity (Wildman–Crippen MR) is 92.9 cm³/mol. The van der Waals surface area contributed by atoms with E-state index in [0.29, 0.717) is 5.65 Å². The number of hydrogen-bond acceptors (Lipinski definition) is 5. The molecule has 24 heavy (non-hydrogen) atoms. The van der Waals surface area contributed by atoms with Crippen LogP contribution in [-0.2, 0) is 0 Å². The van der Waals surface area contributed by atoms with Gasteiger partial charge in [0.2, 0.25) is 0 Å². The summed E-state index contributed by atoms with van der Waals surface area (Å²) in [5.74, 6) is 0.784. The summed E-state index contributed by atoms with van der Waals surface area (Å²) in [7, 11) is 0. The molecule has 4 aromatic rings. The number of nitrogens with zero attached hydrogens (tertiary/aromatic N) is 5. The molecule has 0 radical (unpaired) electrons. The molecule has 0 fully saturated rings. The van der Waals surface area contributed by atoms with Crippen molar-refractivity contribution in [3.63, 3.8) is 0 Å². The molecule has 6 heteroatoms. The average Bonchev–Trinajstić information content (AvgIpc) is 3.16. The van der Waals surface area contributed by atoms with Gasteiger partial charge in [0.1, 0.15) is 11.3 Å². The molecule has 1 N–H and O–H groups in total. The molecule has 6 nitrogen and oxygen atoms in total. The topological polar surface area (TPSA) is 68.5 Å². The van der Waals surface area contributed by atoms with Crippen molar-refractivity contribution in [3.8, 4) is 5.69 Å². The molecule has 0 amide bonds. The number of rotatable bonds is 4. The van der Waals surface area contributed by atoms with E-state index >= 15 is 0 Å². The molecule has 0 bridgehead atoms. The molecule has 1 unspecified atom stereocenters. The summed E-state index contributed by atoms with van der Waals surface area (Å²) in [6, 6.07) is 14.2. The van der Waals surface area contributed by atoms with Gasteiger partial charge in [0, 0.05) is 30.8 Å². The van der Waals surface area contributed by atoms with Gasteiger partial charge < -0.3 is 5.32 Å². The predicted octanol–water partition coefficient (Wildman–Crippen LogP) is 3.38. The van der Waals surface area contributed by atoms with Crippen molar-refractivity contribution in [1.29, 1.82) is 0 Å². The summed E-state index contributed by atoms with van der Waals surface area (Å²) in [5, 5.41) is 7.64. The van der Waals surface area contributed by atoms with Gasteiger partial charge in [-0.05, 0) is 42.8 Å². The first-order valence-electron chi connectivity index (χ1n) is 7.74. The Kier molecular flexibility index (Phi) is 3.63. The zero-order valence-corrected chi connectivity index (χ0v) is 13.2. The van der Waals surface area contributed by atoms with Crippen LogP contribution >= 0.6 is 0 Å². The van der Waals surface area contributed by atoms with Crippen LogP contribution in [-0.4, -0.2) is 24.7 Å². The summed E-state index contributed by atoms with van der Waals surface area (Å²) >= 11 is 0. The normalized spacial score (nSPS) is 12.2. The number of anilines is 1. The van der Waals surface area contributed by atoms with Crippen molar-refractivity contribution >= 4 is 17.0 Å². The summed E-state index contributed by atoms with van der Waals surface area (Å²) in [5.41, 5.74) is 3.64. The van der Waals surface area contributed by atoms with E-state index in [1.165, 1.54) is 5.56 Å². The molecule has 0 aliphatic heterocycles. The lowest BCUT2D eigenvalue weighted by Gasteiger charge is -2.15. The zero-order valence-electron chi connectivity index (χ0n) is 13.2. The summed E-state index contributed by atoms with van der Waals surface area (Å²) in [4.78, 5) is 13.0. The Bertz CT molecular complexity index is 947. The largest absolute Gasteiger partial charge is 0.363 e. The third kappa shape index (κ3) is 2.81. The van der Waals surface area contributed by atoms with Crippen molar-refractivity contribution in [2.24, 2.45) is 0 Å². The van der Waals surface area contributed by atoms with Crippen LogP contribution in [0.5, 0.6) is 0 Å². The van der Waals surface area contributed by atoms with Gasteiger partial charge in [0.25, 0.3) is 0 Å². The molecule has 3 heterocycles. The van der Waals surface area contributed by atoms with Crippen molar-refractivity contribution in [3.05, 3.63) is 72.8 Å². The number of nitrogens with one attached hydrogen (secondary N) is 1. The minimum Gasteiger partial charge on any atom is -0.363 e. The van der Waals surface area contributed by atoms with E-state index in [2.05, 4.69) is 56.6 Å². The maximum absolute atomic E-state index is 4.50. The van der Waals surface area contributed by atoms with Gasteiger partial charge in [-0.2, -0.15) is 5.10 Å². The van der Waals surface area contributed by atoms with E-state index in [-0.39, 0.29) is 6.04 Å². The molecule has 0 aliphatic rings. The first-order valence-corrected chi connectivity index (χ1v) is 7.74. The third-order valence-corrected chi connectivity index (χ3v) is 3.86. The van der Waals surface area contributed by atoms with Gasteiger partial charge in [0.05, 0.1) is 5.69 Å². The number of pyridine rings is 1. The monoisotopic (exact) mass is 316 g/mol. The lowest BCUT2D eigenvalue weighted by atomic mass is 10.1. The molecule has 0 spiro atoms. The molecule has 0 saturated heterocycles. The van der Waals surface area contributed by atoms with Crippen molar-refractivity contribution in [1.82, 2.24) is 24.7 Å². The van der Waals surface area contributed by atoms with Gasteiger partial charge in [0.15, 0.2) is 5.65 Å². The van der Waals surface area contributed by atoms with Crippen LogP contribution in [0.4, 0.5) is 5.82 Å². The third-order valence-electron chi connectivity index (χ3n) is 3.86. The molecule has 1 aromatic carbocycles. The number of benzene rings is 1. The summed E-state index contributed by atoms with van der Waals surface area (Å²) in [6.07, 6.45) is 7.01. The first kappa shape index (κ1) is 14.3. The van der Waals surface area contributed by atoms with Crippen molar-refractivity contribution in [2.45, 2.75) is 13.0 Å². The fourth-order valence-corrected chi connectivity index (χ4v) is 2.58. The second-order valence-corrected chi connectivity index (χ2v) is 5.50. The quantitative estimate of drug-likeness (QED) is 0.625. The van der Waals surface area contributed by atoms with Crippen LogP contribution in [0.3, 0.4) is 0 Å². The highest BCUT2D eigenvalue weighted by Gasteiger charge is 2.08. The fraction of sp³-hybridized carbons (Fsp3) is 0.111. The lowest BCUT2D eigenvalue weighted by molar-refractivity contribution is 0.859. The molecule has 4 rings (SSSR count). The average molecular weight is 316 g/mol. The van der Waals surface area contributed by atoms with Gasteiger partial charge in [-0.15, -0.1) is 0 Å². The fourth-order valence-electron chi connectivity index (χ4n) is 2.58. The van der Waals surface area contributed by atoms with Gasteiger partial charge in [-0.1, -0.05) is 12.1 Å². The number of hydrogen-bond donors (Lipinski definition) is 1. The Labute approximate surface area is 139 Å². The van der Waals surface area contributed by atoms with Gasteiger partial charge in [-0.25, -0.2) is 14.6 Å². The molecular formula is C18H16N6. The minimum absolute atomic E-state index is 0.123. The van der Waals surface area contributed by atoms with Crippen LogP contribution in [0.1, 0.15) is 18.5 Å². The molecular weight excluding hydrogens is 300 g/mol. The van der Waals surface area contributed by atoms with E-state index in [0.717, 1.165) is 17.0 Å². The molecule has 1 atom stereocenters. The van der Waals surface area contributed by atoms with Crippen LogP contribution < -0.4 is 5.32 Å². The van der Waals surface area contributed by atoms with Crippen molar-refractivity contribution in [2.75, 3.05) is 5.32 Å². The molecule has 0 saturated carbocycles. The SMILES string of the molecule is CC(Nc1ccc2nccnc2n1)c1ccc(-n2cccn2)cc1. The summed E-state index contributed by atoms with van der Waals surface area (Å²) < 4.78 is 1.84. The smallest absolute Gasteiger partial charge is 0.180 e. The zero-order chi connectivity index (χ0) is 16.4. The van der Waals surface area contributed by atoms with E-state index in [1.54, 1.807) is 18.6 Å². The van der Waals surface area contributed by atoms with Crippen molar-refractivity contribution < 1.29 is 0 Å². The maximum atomic E-state index is 4.50. The summed E-state index contributed by atoms with van der Waals surface area (Å²) in [6.45, 7) is 2.10. The van der Waals surface area contributed by atoms with Gasteiger partial charge >= 0.3 is 0 Å². The lowest BCUT2D eigenvalue weighted by Crippen LogP contribution is -2.08. The second-order valence-electron chi connectivity index (χ2n) is 5.50. The Morgan fingerprint density at radius 3 is 2.58 bits per heavy atom. The van der Waals surface area contributed by atoms with Crippen LogP contribution in [0.15, 0.2) is 67.3 Å². The van der Waals surface area contributed by atoms with Gasteiger partial charge in [-0.3, -0.25) is 4.98 Å². The molecule has 3 aromatic heterocycles. The highest BCUT2D eigenvalue weighted by atomic mass is 15.3. The minimum atomic E-state index is 0.123. The number of aromatic nitrogens is 5.